The molecule has 0 radical (unpaired) electrons. The van der Waals surface area contributed by atoms with Gasteiger partial charge < -0.3 is 15.4 Å². The third kappa shape index (κ3) is 3.92. The number of likely N-dealkylation sites (tertiary alicyclic amines) is 1. The molecule has 2 aromatic rings. The summed E-state index contributed by atoms with van der Waals surface area (Å²) in [6, 6.07) is 19.2. The summed E-state index contributed by atoms with van der Waals surface area (Å²) in [7, 11) is 1.70. The molecule has 0 aromatic heterocycles. The van der Waals surface area contributed by atoms with Gasteiger partial charge in [0, 0.05) is 25.6 Å². The van der Waals surface area contributed by atoms with Crippen LogP contribution in [0.1, 0.15) is 17.0 Å². The van der Waals surface area contributed by atoms with Gasteiger partial charge in [-0.15, -0.1) is 0 Å². The number of benzene rings is 2. The molecular formula is C20H26N2O. The maximum absolute atomic E-state index is 6.02. The minimum atomic E-state index is 0.563. The molecule has 0 amide bonds. The van der Waals surface area contributed by atoms with Crippen LogP contribution in [0.4, 0.5) is 0 Å². The van der Waals surface area contributed by atoms with E-state index in [1.54, 1.807) is 7.11 Å². The molecule has 1 saturated heterocycles. The van der Waals surface area contributed by atoms with Crippen molar-refractivity contribution >= 4 is 0 Å². The number of ether oxygens (including phenoxy) is 1. The molecule has 1 fully saturated rings. The summed E-state index contributed by atoms with van der Waals surface area (Å²) in [6.45, 7) is 4.07. The standard InChI is InChI=1S/C20H26N2O/c1-23-19-9-7-16(8-10-19)11-12-22-14-18(13-21)20(15-22)17-5-3-2-4-6-17/h2-10,18,20H,11-15,21H2,1H3/t18-,20+/m1/s1. The monoisotopic (exact) mass is 310 g/mol. The van der Waals surface area contributed by atoms with Gasteiger partial charge >= 0.3 is 0 Å². The number of nitrogens with two attached hydrogens (primary N) is 1. The molecule has 2 N–H and O–H groups in total. The summed E-state index contributed by atoms with van der Waals surface area (Å²) in [4.78, 5) is 2.55. The largest absolute Gasteiger partial charge is 0.497 e. The molecule has 1 aliphatic heterocycles. The average molecular weight is 310 g/mol. The van der Waals surface area contributed by atoms with E-state index >= 15 is 0 Å². The lowest BCUT2D eigenvalue weighted by atomic mass is 9.89. The Morgan fingerprint density at radius 1 is 1.04 bits per heavy atom. The SMILES string of the molecule is COc1ccc(CCN2C[C@@H](CN)[C@H](c3ccccc3)C2)cc1. The van der Waals surface area contributed by atoms with Gasteiger partial charge in [-0.3, -0.25) is 0 Å². The van der Waals surface area contributed by atoms with Crippen molar-refractivity contribution in [1.29, 1.82) is 0 Å². The third-order valence-electron chi connectivity index (χ3n) is 4.92. The van der Waals surface area contributed by atoms with E-state index in [9.17, 15) is 0 Å². The molecule has 3 heteroatoms. The Hall–Kier alpha value is -1.84. The molecular weight excluding hydrogens is 284 g/mol. The normalized spacial score (nSPS) is 21.5. The Labute approximate surface area is 139 Å². The van der Waals surface area contributed by atoms with Crippen LogP contribution in [0.2, 0.25) is 0 Å². The Kier molecular flexibility index (Phi) is 5.31. The summed E-state index contributed by atoms with van der Waals surface area (Å²) < 4.78 is 5.21. The maximum atomic E-state index is 6.02. The van der Waals surface area contributed by atoms with Crippen molar-refractivity contribution in [3.63, 3.8) is 0 Å². The van der Waals surface area contributed by atoms with Crippen LogP contribution in [0.3, 0.4) is 0 Å². The van der Waals surface area contributed by atoms with Crippen LogP contribution in [0.25, 0.3) is 0 Å². The Balaban J connectivity index is 1.59. The lowest BCUT2D eigenvalue weighted by molar-refractivity contribution is 0.328. The van der Waals surface area contributed by atoms with Gasteiger partial charge in [-0.25, -0.2) is 0 Å². The highest BCUT2D eigenvalue weighted by atomic mass is 16.5. The highest BCUT2D eigenvalue weighted by Gasteiger charge is 2.32. The predicted molar refractivity (Wildman–Crippen MR) is 94.9 cm³/mol. The van der Waals surface area contributed by atoms with Gasteiger partial charge in [0.05, 0.1) is 7.11 Å². The molecule has 2 aromatic carbocycles. The maximum Gasteiger partial charge on any atom is 0.118 e. The summed E-state index contributed by atoms with van der Waals surface area (Å²) in [6.07, 6.45) is 1.07. The van der Waals surface area contributed by atoms with Gasteiger partial charge in [-0.2, -0.15) is 0 Å². The summed E-state index contributed by atoms with van der Waals surface area (Å²) >= 11 is 0. The van der Waals surface area contributed by atoms with E-state index in [4.69, 9.17) is 10.5 Å². The van der Waals surface area contributed by atoms with Crippen LogP contribution in [0, 0.1) is 5.92 Å². The smallest absolute Gasteiger partial charge is 0.118 e. The second-order valence-electron chi connectivity index (χ2n) is 6.37. The highest BCUT2D eigenvalue weighted by molar-refractivity contribution is 5.27. The van der Waals surface area contributed by atoms with Crippen molar-refractivity contribution < 1.29 is 4.74 Å². The Morgan fingerprint density at radius 3 is 2.43 bits per heavy atom. The molecule has 3 rings (SSSR count). The van der Waals surface area contributed by atoms with E-state index in [0.717, 1.165) is 38.3 Å². The topological polar surface area (TPSA) is 38.5 Å². The second kappa shape index (κ2) is 7.62. The van der Waals surface area contributed by atoms with Crippen molar-refractivity contribution in [3.05, 3.63) is 65.7 Å². The van der Waals surface area contributed by atoms with E-state index in [1.807, 2.05) is 12.1 Å². The van der Waals surface area contributed by atoms with Crippen LogP contribution >= 0.6 is 0 Å². The van der Waals surface area contributed by atoms with Gasteiger partial charge in [0.25, 0.3) is 0 Å². The fraction of sp³-hybridized carbons (Fsp3) is 0.400. The minimum absolute atomic E-state index is 0.563. The first-order chi connectivity index (χ1) is 11.3. The molecule has 3 nitrogen and oxygen atoms in total. The number of nitrogens with zero attached hydrogens (tertiary/aromatic N) is 1. The first-order valence-corrected chi connectivity index (χ1v) is 8.40. The lowest BCUT2D eigenvalue weighted by Crippen LogP contribution is -2.25. The molecule has 1 heterocycles. The van der Waals surface area contributed by atoms with E-state index in [0.29, 0.717) is 11.8 Å². The quantitative estimate of drug-likeness (QED) is 0.891. The second-order valence-corrected chi connectivity index (χ2v) is 6.37. The van der Waals surface area contributed by atoms with E-state index in [-0.39, 0.29) is 0 Å². The van der Waals surface area contributed by atoms with Gasteiger partial charge in [0.15, 0.2) is 0 Å². The van der Waals surface area contributed by atoms with Crippen LogP contribution in [-0.4, -0.2) is 38.2 Å². The molecule has 0 bridgehead atoms. The van der Waals surface area contributed by atoms with Gasteiger partial charge in [0.1, 0.15) is 5.75 Å². The molecule has 0 unspecified atom stereocenters. The summed E-state index contributed by atoms with van der Waals surface area (Å²) in [5.74, 6) is 2.05. The van der Waals surface area contributed by atoms with Crippen molar-refractivity contribution in [3.8, 4) is 5.75 Å². The Bertz CT molecular complexity index is 597. The average Bonchev–Trinajstić information content (AvgIpc) is 3.04. The highest BCUT2D eigenvalue weighted by Crippen LogP contribution is 2.32. The number of methoxy groups -OCH3 is 1. The molecule has 0 saturated carbocycles. The zero-order valence-electron chi connectivity index (χ0n) is 13.8. The van der Waals surface area contributed by atoms with Crippen LogP contribution < -0.4 is 10.5 Å². The summed E-state index contributed by atoms with van der Waals surface area (Å²) in [5.41, 5.74) is 8.81. The summed E-state index contributed by atoms with van der Waals surface area (Å²) in [5, 5.41) is 0. The molecule has 2 atom stereocenters. The van der Waals surface area contributed by atoms with Crippen molar-refractivity contribution in [2.75, 3.05) is 33.3 Å². The van der Waals surface area contributed by atoms with Crippen molar-refractivity contribution in [2.45, 2.75) is 12.3 Å². The van der Waals surface area contributed by atoms with Crippen LogP contribution in [0.15, 0.2) is 54.6 Å². The van der Waals surface area contributed by atoms with Gasteiger partial charge in [0.2, 0.25) is 0 Å². The van der Waals surface area contributed by atoms with E-state index < -0.39 is 0 Å². The zero-order valence-corrected chi connectivity index (χ0v) is 13.8. The number of hydrogen-bond acceptors (Lipinski definition) is 3. The number of hydrogen-bond donors (Lipinski definition) is 1. The molecule has 122 valence electrons. The van der Waals surface area contributed by atoms with Crippen LogP contribution in [0.5, 0.6) is 5.75 Å². The molecule has 1 aliphatic rings. The zero-order chi connectivity index (χ0) is 16.1. The van der Waals surface area contributed by atoms with E-state index in [2.05, 4.69) is 47.4 Å². The van der Waals surface area contributed by atoms with Gasteiger partial charge in [-0.05, 0) is 42.1 Å². The predicted octanol–water partition coefficient (Wildman–Crippen LogP) is 2.91. The van der Waals surface area contributed by atoms with Crippen LogP contribution in [-0.2, 0) is 6.42 Å². The molecule has 0 spiro atoms. The first kappa shape index (κ1) is 16.0. The third-order valence-corrected chi connectivity index (χ3v) is 4.92. The van der Waals surface area contributed by atoms with Gasteiger partial charge in [-0.1, -0.05) is 42.5 Å². The minimum Gasteiger partial charge on any atom is -0.497 e. The fourth-order valence-electron chi connectivity index (χ4n) is 3.54. The van der Waals surface area contributed by atoms with Crippen molar-refractivity contribution in [2.24, 2.45) is 11.7 Å². The Morgan fingerprint density at radius 2 is 1.78 bits per heavy atom. The number of rotatable bonds is 6. The fourth-order valence-corrected chi connectivity index (χ4v) is 3.54. The lowest BCUT2D eigenvalue weighted by Gasteiger charge is -2.17. The van der Waals surface area contributed by atoms with E-state index in [1.165, 1.54) is 11.1 Å². The van der Waals surface area contributed by atoms with Crippen molar-refractivity contribution in [1.82, 2.24) is 4.90 Å². The first-order valence-electron chi connectivity index (χ1n) is 8.40. The molecule has 0 aliphatic carbocycles. The molecule has 23 heavy (non-hydrogen) atoms.